The van der Waals surface area contributed by atoms with Gasteiger partial charge in [-0.25, -0.2) is 9.37 Å². The zero-order valence-corrected chi connectivity index (χ0v) is 14.3. The smallest absolute Gasteiger partial charge is 0.273 e. The molecule has 0 aliphatic carbocycles. The van der Waals surface area contributed by atoms with E-state index in [2.05, 4.69) is 4.98 Å². The average molecular weight is 348 g/mol. The molecule has 1 amide bonds. The van der Waals surface area contributed by atoms with Crippen LogP contribution in [0.25, 0.3) is 0 Å². The Balaban J connectivity index is 1.67. The molecule has 0 bridgehead atoms. The Hall–Kier alpha value is -1.79. The van der Waals surface area contributed by atoms with Gasteiger partial charge in [0.1, 0.15) is 11.5 Å². The predicted molar refractivity (Wildman–Crippen MR) is 91.7 cm³/mol. The van der Waals surface area contributed by atoms with Gasteiger partial charge in [0, 0.05) is 31.0 Å². The Morgan fingerprint density at radius 2 is 2.33 bits per heavy atom. The lowest BCUT2D eigenvalue weighted by Crippen LogP contribution is -2.35. The van der Waals surface area contributed by atoms with Gasteiger partial charge < -0.3 is 10.0 Å². The maximum Gasteiger partial charge on any atom is 0.273 e. The number of likely N-dealkylation sites (tertiary alicyclic amines) is 1. The van der Waals surface area contributed by atoms with Crippen molar-refractivity contribution in [3.63, 3.8) is 0 Å². The SMILES string of the molecule is O=C(c1csc(Cc2cccc(F)c2)n1)N1CCCC1CCCO. The summed E-state index contributed by atoms with van der Waals surface area (Å²) in [6.07, 6.45) is 4.08. The van der Waals surface area contributed by atoms with Gasteiger partial charge in [-0.1, -0.05) is 12.1 Å². The number of aliphatic hydroxyl groups excluding tert-OH is 1. The minimum Gasteiger partial charge on any atom is -0.396 e. The molecule has 2 aromatic rings. The molecule has 1 saturated heterocycles. The topological polar surface area (TPSA) is 53.4 Å². The van der Waals surface area contributed by atoms with E-state index in [0.717, 1.165) is 42.8 Å². The summed E-state index contributed by atoms with van der Waals surface area (Å²) in [6.45, 7) is 0.915. The van der Waals surface area contributed by atoms with E-state index in [1.807, 2.05) is 11.0 Å². The van der Waals surface area contributed by atoms with Crippen LogP contribution in [-0.4, -0.2) is 40.1 Å². The molecule has 24 heavy (non-hydrogen) atoms. The molecule has 0 spiro atoms. The number of aromatic nitrogens is 1. The van der Waals surface area contributed by atoms with E-state index in [-0.39, 0.29) is 24.4 Å². The van der Waals surface area contributed by atoms with Gasteiger partial charge in [-0.15, -0.1) is 11.3 Å². The summed E-state index contributed by atoms with van der Waals surface area (Å²) in [6, 6.07) is 6.66. The molecule has 1 aliphatic rings. The molecule has 1 aliphatic heterocycles. The molecule has 4 nitrogen and oxygen atoms in total. The number of hydrogen-bond donors (Lipinski definition) is 1. The van der Waals surface area contributed by atoms with Gasteiger partial charge in [0.05, 0.1) is 5.01 Å². The summed E-state index contributed by atoms with van der Waals surface area (Å²) in [7, 11) is 0. The second-order valence-corrected chi connectivity index (χ2v) is 7.04. The number of benzene rings is 1. The molecule has 2 heterocycles. The number of hydrogen-bond acceptors (Lipinski definition) is 4. The van der Waals surface area contributed by atoms with E-state index < -0.39 is 0 Å². The molecule has 1 unspecified atom stereocenters. The molecule has 0 saturated carbocycles. The van der Waals surface area contributed by atoms with Crippen molar-refractivity contribution in [1.29, 1.82) is 0 Å². The highest BCUT2D eigenvalue weighted by Gasteiger charge is 2.30. The van der Waals surface area contributed by atoms with Crippen LogP contribution in [0.4, 0.5) is 4.39 Å². The lowest BCUT2D eigenvalue weighted by atomic mass is 10.1. The molecule has 128 valence electrons. The van der Waals surface area contributed by atoms with E-state index in [0.29, 0.717) is 12.1 Å². The first kappa shape index (κ1) is 17.0. The summed E-state index contributed by atoms with van der Waals surface area (Å²) in [5, 5.41) is 11.6. The first-order chi connectivity index (χ1) is 11.7. The van der Waals surface area contributed by atoms with Crippen LogP contribution >= 0.6 is 11.3 Å². The molecule has 1 atom stereocenters. The number of amides is 1. The van der Waals surface area contributed by atoms with E-state index >= 15 is 0 Å². The van der Waals surface area contributed by atoms with Crippen molar-refractivity contribution in [3.05, 3.63) is 51.7 Å². The zero-order chi connectivity index (χ0) is 16.9. The fraction of sp³-hybridized carbons (Fsp3) is 0.444. The summed E-state index contributed by atoms with van der Waals surface area (Å²) in [5.41, 5.74) is 1.33. The molecule has 0 radical (unpaired) electrons. The number of thiazole rings is 1. The largest absolute Gasteiger partial charge is 0.396 e. The highest BCUT2D eigenvalue weighted by molar-refractivity contribution is 7.09. The first-order valence-corrected chi connectivity index (χ1v) is 9.16. The minimum absolute atomic E-state index is 0.0304. The summed E-state index contributed by atoms with van der Waals surface area (Å²) < 4.78 is 13.3. The molecular formula is C18H21FN2O2S. The Bertz CT molecular complexity index is 704. The third-order valence-corrected chi connectivity index (χ3v) is 5.20. The van der Waals surface area contributed by atoms with Crippen LogP contribution in [0.1, 0.15) is 46.7 Å². The number of aliphatic hydroxyl groups is 1. The number of carbonyl (C=O) groups is 1. The quantitative estimate of drug-likeness (QED) is 0.872. The van der Waals surface area contributed by atoms with Gasteiger partial charge in [0.2, 0.25) is 0 Å². The van der Waals surface area contributed by atoms with Crippen molar-refractivity contribution in [2.45, 2.75) is 38.1 Å². The van der Waals surface area contributed by atoms with Gasteiger partial charge in [-0.2, -0.15) is 0 Å². The molecule has 6 heteroatoms. The Labute approximate surface area is 145 Å². The lowest BCUT2D eigenvalue weighted by molar-refractivity contribution is 0.0719. The average Bonchev–Trinajstić information content (AvgIpc) is 3.21. The fourth-order valence-corrected chi connectivity index (χ4v) is 3.99. The molecule has 1 N–H and O–H groups in total. The normalized spacial score (nSPS) is 17.4. The fourth-order valence-electron chi connectivity index (χ4n) is 3.19. The molecular weight excluding hydrogens is 327 g/mol. The van der Waals surface area contributed by atoms with Crippen LogP contribution in [0.2, 0.25) is 0 Å². The van der Waals surface area contributed by atoms with Crippen molar-refractivity contribution in [2.24, 2.45) is 0 Å². The van der Waals surface area contributed by atoms with Gasteiger partial charge in [-0.05, 0) is 43.4 Å². The Kier molecular flexibility index (Phi) is 5.58. The van der Waals surface area contributed by atoms with Crippen molar-refractivity contribution in [2.75, 3.05) is 13.2 Å². The first-order valence-electron chi connectivity index (χ1n) is 8.28. The third kappa shape index (κ3) is 3.99. The predicted octanol–water partition coefficient (Wildman–Crippen LogP) is 3.25. The highest BCUT2D eigenvalue weighted by Crippen LogP contribution is 2.24. The van der Waals surface area contributed by atoms with Gasteiger partial charge in [-0.3, -0.25) is 4.79 Å². The number of rotatable bonds is 6. The minimum atomic E-state index is -0.260. The van der Waals surface area contributed by atoms with E-state index in [9.17, 15) is 9.18 Å². The molecule has 3 rings (SSSR count). The number of nitrogens with zero attached hydrogens (tertiary/aromatic N) is 2. The van der Waals surface area contributed by atoms with E-state index in [1.54, 1.807) is 11.4 Å². The van der Waals surface area contributed by atoms with Crippen LogP contribution < -0.4 is 0 Å². The second-order valence-electron chi connectivity index (χ2n) is 6.09. The zero-order valence-electron chi connectivity index (χ0n) is 13.4. The van der Waals surface area contributed by atoms with Crippen LogP contribution in [-0.2, 0) is 6.42 Å². The standard InChI is InChI=1S/C18H21FN2O2S/c19-14-5-1-4-13(10-14)11-17-20-16(12-24-17)18(23)21-8-2-6-15(21)7-3-9-22/h1,4-5,10,12,15,22H,2-3,6-9,11H2. The molecule has 1 aromatic carbocycles. The van der Waals surface area contributed by atoms with E-state index in [1.165, 1.54) is 23.5 Å². The molecule has 1 aromatic heterocycles. The summed E-state index contributed by atoms with van der Waals surface area (Å²) in [5.74, 6) is -0.290. The van der Waals surface area contributed by atoms with Crippen LogP contribution in [0.3, 0.4) is 0 Å². The van der Waals surface area contributed by atoms with Crippen molar-refractivity contribution >= 4 is 17.2 Å². The van der Waals surface area contributed by atoms with Gasteiger partial charge in [0.25, 0.3) is 5.91 Å². The number of halogens is 1. The van der Waals surface area contributed by atoms with Gasteiger partial charge >= 0.3 is 0 Å². The third-order valence-electron chi connectivity index (χ3n) is 4.35. The van der Waals surface area contributed by atoms with Crippen molar-refractivity contribution in [3.8, 4) is 0 Å². The number of carbonyl (C=O) groups excluding carboxylic acids is 1. The highest BCUT2D eigenvalue weighted by atomic mass is 32.1. The second kappa shape index (κ2) is 7.85. The summed E-state index contributed by atoms with van der Waals surface area (Å²) in [4.78, 5) is 19.0. The van der Waals surface area contributed by atoms with Crippen LogP contribution in [0, 0.1) is 5.82 Å². The van der Waals surface area contributed by atoms with Crippen molar-refractivity contribution < 1.29 is 14.3 Å². The van der Waals surface area contributed by atoms with Crippen LogP contribution in [0.15, 0.2) is 29.6 Å². The Morgan fingerprint density at radius 3 is 3.12 bits per heavy atom. The maximum absolute atomic E-state index is 13.3. The monoisotopic (exact) mass is 348 g/mol. The lowest BCUT2D eigenvalue weighted by Gasteiger charge is -2.23. The van der Waals surface area contributed by atoms with Gasteiger partial charge in [0.15, 0.2) is 0 Å². The molecule has 1 fully saturated rings. The maximum atomic E-state index is 13.3. The van der Waals surface area contributed by atoms with Crippen molar-refractivity contribution in [1.82, 2.24) is 9.88 Å². The summed E-state index contributed by atoms with van der Waals surface area (Å²) >= 11 is 1.44. The Morgan fingerprint density at radius 1 is 1.46 bits per heavy atom. The van der Waals surface area contributed by atoms with E-state index in [4.69, 9.17) is 5.11 Å². The van der Waals surface area contributed by atoms with Crippen LogP contribution in [0.5, 0.6) is 0 Å².